The van der Waals surface area contributed by atoms with Crippen molar-refractivity contribution in [1.82, 2.24) is 9.21 Å². The number of nitrogens with zero attached hydrogens (tertiary/aromatic N) is 2. The molecule has 32 heavy (non-hydrogen) atoms. The number of hydrogen-bond donors (Lipinski definition) is 0. The summed E-state index contributed by atoms with van der Waals surface area (Å²) in [5.74, 6) is -1.32. The summed E-state index contributed by atoms with van der Waals surface area (Å²) < 4.78 is 32.6. The molecule has 0 bridgehead atoms. The number of hydrogen-bond acceptors (Lipinski definition) is 6. The summed E-state index contributed by atoms with van der Waals surface area (Å²) in [6, 6.07) is 13.8. The van der Waals surface area contributed by atoms with Gasteiger partial charge in [0.2, 0.25) is 10.0 Å². The van der Waals surface area contributed by atoms with E-state index < -0.39 is 22.0 Å². The first-order valence-corrected chi connectivity index (χ1v) is 12.0. The van der Waals surface area contributed by atoms with Crippen molar-refractivity contribution in [2.24, 2.45) is 0 Å². The molecule has 2 heterocycles. The molecule has 9 heteroatoms. The van der Waals surface area contributed by atoms with Crippen molar-refractivity contribution < 1.29 is 27.5 Å². The fraction of sp³-hybridized carbons (Fsp3) is 0.348. The summed E-state index contributed by atoms with van der Waals surface area (Å²) >= 11 is 0. The second kappa shape index (κ2) is 9.22. The fourth-order valence-electron chi connectivity index (χ4n) is 4.09. The van der Waals surface area contributed by atoms with Crippen molar-refractivity contribution in [1.29, 1.82) is 0 Å². The molecule has 2 aromatic rings. The zero-order valence-electron chi connectivity index (χ0n) is 17.5. The van der Waals surface area contributed by atoms with Crippen LogP contribution in [-0.4, -0.2) is 61.1 Å². The summed E-state index contributed by atoms with van der Waals surface area (Å²) in [6.07, 6.45) is 2.07. The highest BCUT2D eigenvalue weighted by Gasteiger charge is 2.39. The lowest BCUT2D eigenvalue weighted by molar-refractivity contribution is -0.149. The first-order valence-electron chi connectivity index (χ1n) is 10.6. The van der Waals surface area contributed by atoms with E-state index in [1.165, 1.54) is 16.4 Å². The molecule has 0 saturated carbocycles. The lowest BCUT2D eigenvalue weighted by atomic mass is 10.1. The van der Waals surface area contributed by atoms with Crippen molar-refractivity contribution >= 4 is 27.8 Å². The van der Waals surface area contributed by atoms with Gasteiger partial charge in [-0.05, 0) is 49.9 Å². The van der Waals surface area contributed by atoms with Crippen LogP contribution in [0, 0.1) is 0 Å². The zero-order chi connectivity index (χ0) is 22.7. The Morgan fingerprint density at radius 3 is 2.22 bits per heavy atom. The smallest absolute Gasteiger partial charge is 0.324 e. The quantitative estimate of drug-likeness (QED) is 0.360. The van der Waals surface area contributed by atoms with Crippen molar-refractivity contribution in [2.45, 2.75) is 36.6 Å². The minimum atomic E-state index is -3.81. The van der Waals surface area contributed by atoms with E-state index in [9.17, 15) is 22.8 Å². The van der Waals surface area contributed by atoms with Gasteiger partial charge in [0, 0.05) is 13.1 Å². The number of benzene rings is 2. The molecule has 0 aliphatic carbocycles. The average molecular weight is 457 g/mol. The van der Waals surface area contributed by atoms with E-state index in [0.29, 0.717) is 24.0 Å². The van der Waals surface area contributed by atoms with Crippen LogP contribution in [0.5, 0.6) is 0 Å². The van der Waals surface area contributed by atoms with Gasteiger partial charge in [0.25, 0.3) is 11.8 Å². The van der Waals surface area contributed by atoms with Crippen LogP contribution in [0.15, 0.2) is 59.5 Å². The molecule has 2 aliphatic rings. The summed E-state index contributed by atoms with van der Waals surface area (Å²) in [4.78, 5) is 38.8. The van der Waals surface area contributed by atoms with E-state index in [4.69, 9.17) is 4.74 Å². The minimum Gasteiger partial charge on any atom is -0.464 e. The van der Waals surface area contributed by atoms with E-state index in [2.05, 4.69) is 0 Å². The maximum absolute atomic E-state index is 13.0. The molecule has 168 valence electrons. The Labute approximate surface area is 186 Å². The lowest BCUT2D eigenvalue weighted by Crippen LogP contribution is -2.48. The number of carbonyl (C=O) groups is 3. The van der Waals surface area contributed by atoms with Crippen LogP contribution in [0.3, 0.4) is 0 Å². The van der Waals surface area contributed by atoms with Crippen molar-refractivity contribution in [3.05, 3.63) is 65.7 Å². The van der Waals surface area contributed by atoms with E-state index in [1.807, 2.05) is 0 Å². The number of amides is 2. The number of sulfonamides is 1. The average Bonchev–Trinajstić information content (AvgIpc) is 3.07. The van der Waals surface area contributed by atoms with Gasteiger partial charge in [-0.25, -0.2) is 8.42 Å². The normalized spacial score (nSPS) is 19.1. The van der Waals surface area contributed by atoms with Crippen LogP contribution in [0.25, 0.3) is 0 Å². The van der Waals surface area contributed by atoms with Crippen LogP contribution in [0.4, 0.5) is 0 Å². The van der Waals surface area contributed by atoms with E-state index in [1.54, 1.807) is 42.5 Å². The molecule has 0 aromatic heterocycles. The van der Waals surface area contributed by atoms with E-state index >= 15 is 0 Å². The molecule has 2 aromatic carbocycles. The second-order valence-electron chi connectivity index (χ2n) is 7.77. The van der Waals surface area contributed by atoms with Gasteiger partial charge in [-0.2, -0.15) is 4.31 Å². The number of fused-ring (bicyclic) bond motifs is 1. The highest BCUT2D eigenvalue weighted by atomic mass is 32.2. The maximum atomic E-state index is 13.0. The molecule has 8 nitrogen and oxygen atoms in total. The predicted octanol–water partition coefficient (Wildman–Crippen LogP) is 2.46. The fourth-order valence-corrected chi connectivity index (χ4v) is 5.76. The molecule has 0 spiro atoms. The molecule has 1 atom stereocenters. The maximum Gasteiger partial charge on any atom is 0.324 e. The minimum absolute atomic E-state index is 0.0119. The first kappa shape index (κ1) is 22.2. The summed E-state index contributed by atoms with van der Waals surface area (Å²) in [7, 11) is -3.81. The molecular weight excluding hydrogens is 432 g/mol. The Bertz CT molecular complexity index is 1100. The Balaban J connectivity index is 1.34. The number of imide groups is 1. The van der Waals surface area contributed by atoms with Gasteiger partial charge in [-0.1, -0.05) is 30.3 Å². The first-order chi connectivity index (χ1) is 15.4. The SMILES string of the molecule is O=C(OCCCN1C(=O)c2ccccc2C1=O)C1CCCCN1S(=O)(=O)c1ccccc1. The molecule has 1 fully saturated rings. The predicted molar refractivity (Wildman–Crippen MR) is 115 cm³/mol. The zero-order valence-corrected chi connectivity index (χ0v) is 18.3. The number of carbonyl (C=O) groups excluding carboxylic acids is 3. The summed E-state index contributed by atoms with van der Waals surface area (Å²) in [6.45, 7) is 0.365. The van der Waals surface area contributed by atoms with Crippen LogP contribution < -0.4 is 0 Å². The summed E-state index contributed by atoms with van der Waals surface area (Å²) in [5, 5.41) is 0. The number of esters is 1. The molecular formula is C23H24N2O6S. The number of ether oxygens (including phenoxy) is 1. The third-order valence-electron chi connectivity index (χ3n) is 5.72. The lowest BCUT2D eigenvalue weighted by Gasteiger charge is -2.33. The number of rotatable bonds is 7. The van der Waals surface area contributed by atoms with E-state index in [-0.39, 0.29) is 42.8 Å². The second-order valence-corrected chi connectivity index (χ2v) is 9.66. The van der Waals surface area contributed by atoms with Gasteiger partial charge in [-0.3, -0.25) is 19.3 Å². The molecule has 1 unspecified atom stereocenters. The topological polar surface area (TPSA) is 101 Å². The van der Waals surface area contributed by atoms with Gasteiger partial charge >= 0.3 is 5.97 Å². The van der Waals surface area contributed by atoms with Crippen LogP contribution in [0.2, 0.25) is 0 Å². The monoisotopic (exact) mass is 456 g/mol. The van der Waals surface area contributed by atoms with Crippen LogP contribution in [-0.2, 0) is 19.6 Å². The van der Waals surface area contributed by atoms with Crippen molar-refractivity contribution in [2.75, 3.05) is 19.7 Å². The van der Waals surface area contributed by atoms with Gasteiger partial charge in [0.1, 0.15) is 6.04 Å². The van der Waals surface area contributed by atoms with E-state index in [0.717, 1.165) is 11.3 Å². The van der Waals surface area contributed by atoms with Crippen molar-refractivity contribution in [3.63, 3.8) is 0 Å². The van der Waals surface area contributed by atoms with Gasteiger partial charge in [0.15, 0.2) is 0 Å². The highest BCUT2D eigenvalue weighted by molar-refractivity contribution is 7.89. The third kappa shape index (κ3) is 4.18. The standard InChI is InChI=1S/C23H24N2O6S/c26-21-18-11-4-5-12-19(18)22(27)24(21)14-8-16-31-23(28)20-13-6-7-15-25(20)32(29,30)17-9-2-1-3-10-17/h1-5,9-12,20H,6-8,13-16H2. The van der Waals surface area contributed by atoms with Gasteiger partial charge in [0.05, 0.1) is 22.6 Å². The number of piperidine rings is 1. The molecule has 4 rings (SSSR count). The molecule has 2 aliphatic heterocycles. The van der Waals surface area contributed by atoms with Gasteiger partial charge in [-0.15, -0.1) is 0 Å². The molecule has 0 radical (unpaired) electrons. The Morgan fingerprint density at radius 2 is 1.56 bits per heavy atom. The largest absolute Gasteiger partial charge is 0.464 e. The molecule has 1 saturated heterocycles. The summed E-state index contributed by atoms with van der Waals surface area (Å²) in [5.41, 5.74) is 0.747. The highest BCUT2D eigenvalue weighted by Crippen LogP contribution is 2.26. The van der Waals surface area contributed by atoms with Crippen LogP contribution in [0.1, 0.15) is 46.4 Å². The Hall–Kier alpha value is -3.04. The third-order valence-corrected chi connectivity index (χ3v) is 7.65. The Morgan fingerprint density at radius 1 is 0.938 bits per heavy atom. The van der Waals surface area contributed by atoms with Crippen molar-refractivity contribution in [3.8, 4) is 0 Å². The van der Waals surface area contributed by atoms with Crippen LogP contribution >= 0.6 is 0 Å². The Kier molecular flexibility index (Phi) is 6.38. The molecule has 0 N–H and O–H groups in total. The molecule has 2 amide bonds. The van der Waals surface area contributed by atoms with Gasteiger partial charge < -0.3 is 4.74 Å².